The molecule has 1 fully saturated rings. The molecular formula is C13H23NO3. The Morgan fingerprint density at radius 2 is 2.24 bits per heavy atom. The van der Waals surface area contributed by atoms with Crippen LogP contribution in [0, 0.1) is 5.92 Å². The molecule has 4 nitrogen and oxygen atoms in total. The number of carboxylic acid groups (broad SMARTS) is 1. The van der Waals surface area contributed by atoms with E-state index in [1.807, 2.05) is 6.92 Å². The van der Waals surface area contributed by atoms with Gasteiger partial charge in [0.15, 0.2) is 0 Å². The Bertz CT molecular complexity index is 280. The second kappa shape index (κ2) is 6.03. The van der Waals surface area contributed by atoms with Gasteiger partial charge in [-0.15, -0.1) is 0 Å². The average Bonchev–Trinajstić information content (AvgIpc) is 2.35. The number of carboxylic acids is 1. The Hall–Kier alpha value is -1.06. The molecule has 0 radical (unpaired) electrons. The van der Waals surface area contributed by atoms with Crippen molar-refractivity contribution in [3.8, 4) is 0 Å². The first kappa shape index (κ1) is 14.0. The van der Waals surface area contributed by atoms with Gasteiger partial charge in [-0.2, -0.15) is 0 Å². The first-order valence-electron chi connectivity index (χ1n) is 6.56. The third kappa shape index (κ3) is 2.79. The Kier molecular flexibility index (Phi) is 4.97. The van der Waals surface area contributed by atoms with Gasteiger partial charge in [-0.05, 0) is 25.2 Å². The van der Waals surface area contributed by atoms with Gasteiger partial charge in [0, 0.05) is 6.54 Å². The molecular weight excluding hydrogens is 218 g/mol. The second-order valence-corrected chi connectivity index (χ2v) is 5.01. The Labute approximate surface area is 103 Å². The highest BCUT2D eigenvalue weighted by atomic mass is 16.4. The monoisotopic (exact) mass is 241 g/mol. The summed E-state index contributed by atoms with van der Waals surface area (Å²) in [6.07, 6.45) is 5.70. The second-order valence-electron chi connectivity index (χ2n) is 5.01. The molecule has 1 aliphatic carbocycles. The quantitative estimate of drug-likeness (QED) is 0.726. The lowest BCUT2D eigenvalue weighted by molar-refractivity contribution is -0.159. The zero-order valence-corrected chi connectivity index (χ0v) is 10.8. The molecule has 1 saturated carbocycles. The van der Waals surface area contributed by atoms with Gasteiger partial charge < -0.3 is 10.0 Å². The van der Waals surface area contributed by atoms with Crippen LogP contribution in [0.3, 0.4) is 0 Å². The van der Waals surface area contributed by atoms with Crippen molar-refractivity contribution in [3.05, 3.63) is 0 Å². The SMILES string of the molecule is CCCN(C=O)C1(C(=O)O)CCCC(CC)C1. The van der Waals surface area contributed by atoms with Gasteiger partial charge in [0.1, 0.15) is 5.54 Å². The van der Waals surface area contributed by atoms with E-state index in [4.69, 9.17) is 0 Å². The third-order valence-electron chi connectivity index (χ3n) is 3.95. The predicted octanol–water partition coefficient (Wildman–Crippen LogP) is 2.28. The summed E-state index contributed by atoms with van der Waals surface area (Å²) in [5, 5.41) is 9.53. The number of hydrogen-bond donors (Lipinski definition) is 1. The zero-order chi connectivity index (χ0) is 12.9. The van der Waals surface area contributed by atoms with E-state index in [0.717, 1.165) is 32.1 Å². The molecule has 1 N–H and O–H groups in total. The van der Waals surface area contributed by atoms with Crippen LogP contribution in [0.1, 0.15) is 52.4 Å². The fourth-order valence-electron chi connectivity index (χ4n) is 2.90. The Morgan fingerprint density at radius 3 is 2.71 bits per heavy atom. The molecule has 0 aromatic rings. The summed E-state index contributed by atoms with van der Waals surface area (Å²) in [5.41, 5.74) is -0.948. The van der Waals surface area contributed by atoms with Crippen LogP contribution in [0.15, 0.2) is 0 Å². The number of nitrogens with zero attached hydrogens (tertiary/aromatic N) is 1. The van der Waals surface area contributed by atoms with E-state index in [2.05, 4.69) is 6.92 Å². The van der Waals surface area contributed by atoms with Crippen LogP contribution in [0.4, 0.5) is 0 Å². The minimum absolute atomic E-state index is 0.430. The minimum Gasteiger partial charge on any atom is -0.479 e. The third-order valence-corrected chi connectivity index (χ3v) is 3.95. The highest BCUT2D eigenvalue weighted by Crippen LogP contribution is 2.38. The van der Waals surface area contributed by atoms with Crippen molar-refractivity contribution in [2.75, 3.05) is 6.54 Å². The van der Waals surface area contributed by atoms with E-state index in [9.17, 15) is 14.7 Å². The number of carbonyl (C=O) groups is 2. The maximum atomic E-state index is 11.6. The predicted molar refractivity (Wildman–Crippen MR) is 65.7 cm³/mol. The molecule has 1 rings (SSSR count). The van der Waals surface area contributed by atoms with Crippen molar-refractivity contribution >= 4 is 12.4 Å². The number of rotatable bonds is 6. The van der Waals surface area contributed by atoms with E-state index < -0.39 is 11.5 Å². The van der Waals surface area contributed by atoms with Gasteiger partial charge in [-0.1, -0.05) is 33.1 Å². The molecule has 4 heteroatoms. The van der Waals surface area contributed by atoms with Crippen LogP contribution in [0.5, 0.6) is 0 Å². The average molecular weight is 241 g/mol. The number of carbonyl (C=O) groups excluding carboxylic acids is 1. The normalized spacial score (nSPS) is 28.7. The highest BCUT2D eigenvalue weighted by Gasteiger charge is 2.46. The smallest absolute Gasteiger partial charge is 0.329 e. The fourth-order valence-corrected chi connectivity index (χ4v) is 2.90. The van der Waals surface area contributed by atoms with Gasteiger partial charge in [0.05, 0.1) is 0 Å². The van der Waals surface area contributed by atoms with Crippen molar-refractivity contribution < 1.29 is 14.7 Å². The van der Waals surface area contributed by atoms with Gasteiger partial charge in [-0.25, -0.2) is 4.79 Å². The van der Waals surface area contributed by atoms with E-state index in [-0.39, 0.29) is 0 Å². The maximum absolute atomic E-state index is 11.6. The van der Waals surface area contributed by atoms with Crippen molar-refractivity contribution in [2.24, 2.45) is 5.92 Å². The molecule has 0 aromatic carbocycles. The zero-order valence-electron chi connectivity index (χ0n) is 10.8. The summed E-state index contributed by atoms with van der Waals surface area (Å²) in [7, 11) is 0. The van der Waals surface area contributed by atoms with Crippen LogP contribution in [-0.2, 0) is 9.59 Å². The lowest BCUT2D eigenvalue weighted by atomic mass is 9.73. The summed E-state index contributed by atoms with van der Waals surface area (Å²) in [6, 6.07) is 0. The minimum atomic E-state index is -0.948. The lowest BCUT2D eigenvalue weighted by Gasteiger charge is -2.43. The van der Waals surface area contributed by atoms with Crippen molar-refractivity contribution in [1.29, 1.82) is 0 Å². The molecule has 1 amide bonds. The van der Waals surface area contributed by atoms with Gasteiger partial charge in [0.2, 0.25) is 6.41 Å². The fraction of sp³-hybridized carbons (Fsp3) is 0.846. The standard InChI is InChI=1S/C13H23NO3/c1-3-8-14(10-15)13(12(16)17)7-5-6-11(4-2)9-13/h10-11H,3-9H2,1-2H3,(H,16,17). The topological polar surface area (TPSA) is 57.6 Å². The van der Waals surface area contributed by atoms with Gasteiger partial charge >= 0.3 is 5.97 Å². The molecule has 0 aromatic heterocycles. The van der Waals surface area contributed by atoms with Crippen molar-refractivity contribution in [1.82, 2.24) is 4.90 Å². The van der Waals surface area contributed by atoms with Crippen LogP contribution in [0.2, 0.25) is 0 Å². The molecule has 0 spiro atoms. The molecule has 2 atom stereocenters. The lowest BCUT2D eigenvalue weighted by Crippen LogP contribution is -2.56. The van der Waals surface area contributed by atoms with Crippen LogP contribution >= 0.6 is 0 Å². The summed E-state index contributed by atoms with van der Waals surface area (Å²) in [4.78, 5) is 24.3. The van der Waals surface area contributed by atoms with E-state index >= 15 is 0 Å². The molecule has 98 valence electrons. The van der Waals surface area contributed by atoms with E-state index in [1.54, 1.807) is 0 Å². The Balaban J connectivity index is 2.94. The van der Waals surface area contributed by atoms with Crippen LogP contribution < -0.4 is 0 Å². The van der Waals surface area contributed by atoms with Crippen LogP contribution in [0.25, 0.3) is 0 Å². The molecule has 2 unspecified atom stereocenters. The molecule has 0 aliphatic heterocycles. The van der Waals surface area contributed by atoms with Crippen molar-refractivity contribution in [2.45, 2.75) is 57.9 Å². The molecule has 17 heavy (non-hydrogen) atoms. The first-order valence-corrected chi connectivity index (χ1v) is 6.56. The van der Waals surface area contributed by atoms with Gasteiger partial charge in [-0.3, -0.25) is 4.79 Å². The number of aliphatic carboxylic acids is 1. The van der Waals surface area contributed by atoms with Crippen molar-refractivity contribution in [3.63, 3.8) is 0 Å². The maximum Gasteiger partial charge on any atom is 0.329 e. The van der Waals surface area contributed by atoms with E-state index in [0.29, 0.717) is 25.3 Å². The summed E-state index contributed by atoms with van der Waals surface area (Å²) < 4.78 is 0. The molecule has 0 heterocycles. The number of amides is 1. The first-order chi connectivity index (χ1) is 8.10. The Morgan fingerprint density at radius 1 is 1.53 bits per heavy atom. The summed E-state index contributed by atoms with van der Waals surface area (Å²) in [5.74, 6) is -0.407. The summed E-state index contributed by atoms with van der Waals surface area (Å²) >= 11 is 0. The number of hydrogen-bond acceptors (Lipinski definition) is 2. The molecule has 0 saturated heterocycles. The highest BCUT2D eigenvalue weighted by molar-refractivity contribution is 5.81. The molecule has 1 aliphatic rings. The summed E-state index contributed by atoms with van der Waals surface area (Å²) in [6.45, 7) is 4.59. The van der Waals surface area contributed by atoms with E-state index in [1.165, 1.54) is 4.90 Å². The van der Waals surface area contributed by atoms with Gasteiger partial charge in [0.25, 0.3) is 0 Å². The van der Waals surface area contributed by atoms with Crippen LogP contribution in [-0.4, -0.2) is 34.5 Å². The molecule has 0 bridgehead atoms. The largest absolute Gasteiger partial charge is 0.479 e.